The molecule has 76 heavy (non-hydrogen) atoms. The number of rotatable bonds is 27. The van der Waals surface area contributed by atoms with Crippen LogP contribution in [0.3, 0.4) is 0 Å². The minimum Gasteiger partial charge on any atom is -0.480 e. The monoisotopic (exact) mass is 1070 g/mol. The molecule has 4 aliphatic heterocycles. The van der Waals surface area contributed by atoms with E-state index in [0.717, 1.165) is 0 Å². The molecule has 422 valence electrons. The lowest BCUT2D eigenvalue weighted by atomic mass is 10.0. The van der Waals surface area contributed by atoms with Crippen molar-refractivity contribution in [1.82, 2.24) is 56.8 Å². The zero-order valence-corrected chi connectivity index (χ0v) is 43.2. The molecule has 4 rings (SSSR count). The van der Waals surface area contributed by atoms with Gasteiger partial charge in [-0.15, -0.1) is 0 Å². The molecule has 4 saturated heterocycles. The average Bonchev–Trinajstić information content (AvgIpc) is 4.22. The van der Waals surface area contributed by atoms with E-state index in [-0.39, 0.29) is 83.5 Å². The number of nitrogens with zero attached hydrogens (tertiary/aromatic N) is 4. The number of carbonyl (C=O) groups excluding carboxylic acids is 13. The smallest absolute Gasteiger partial charge is 0.322 e. The molecule has 4 heterocycles. The van der Waals surface area contributed by atoms with E-state index in [1.54, 1.807) is 0 Å². The summed E-state index contributed by atoms with van der Waals surface area (Å²) in [5.74, 6) is -10.1. The molecule has 0 spiro atoms. The second-order valence-electron chi connectivity index (χ2n) is 19.8. The topological polar surface area (TPSA) is 434 Å². The molecular weight excluding hydrogens is 1000 g/mol. The molecule has 4 aliphatic rings. The van der Waals surface area contributed by atoms with Crippen LogP contribution < -0.4 is 54.4 Å². The summed E-state index contributed by atoms with van der Waals surface area (Å²) in [4.78, 5) is 185. The zero-order valence-electron chi connectivity index (χ0n) is 43.2. The van der Waals surface area contributed by atoms with Crippen LogP contribution in [0.2, 0.25) is 0 Å². The van der Waals surface area contributed by atoms with E-state index < -0.39 is 157 Å². The third kappa shape index (κ3) is 17.9. The number of aliphatic carboxylic acids is 1. The summed E-state index contributed by atoms with van der Waals surface area (Å²) in [5, 5.41) is 26.1. The van der Waals surface area contributed by atoms with Gasteiger partial charge in [0.05, 0.1) is 25.7 Å². The molecule has 29 heteroatoms. The first-order valence-corrected chi connectivity index (χ1v) is 25.6. The number of nitrogens with one attached hydrogen (secondary N) is 7. The first-order chi connectivity index (χ1) is 35.9. The molecule has 0 bridgehead atoms. The number of carbonyl (C=O) groups is 14. The SMILES string of the molecule is CC(C)C[C@H](N)C(=O)N[C@@H](CCC(N)=O)C(=O)NCC(=O)N1CCC[C@H]1C(=O)N[C@@H](C)C(=O)NCC(=O)N1CCC[C@H]1C(=O)N1CCC[C@H]1C(=O)NCC(=O)N1CCC[C@H]1C(=O)N[C@@H](CCC(N)=O)C(=O)NCC(=O)O. The summed E-state index contributed by atoms with van der Waals surface area (Å²) in [6.45, 7) is 3.45. The van der Waals surface area contributed by atoms with Crippen molar-refractivity contribution in [2.75, 3.05) is 52.4 Å². The number of hydrogen-bond donors (Lipinski definition) is 11. The van der Waals surface area contributed by atoms with Crippen molar-refractivity contribution in [1.29, 1.82) is 0 Å². The average molecular weight is 1080 g/mol. The van der Waals surface area contributed by atoms with Crippen molar-refractivity contribution in [2.24, 2.45) is 23.1 Å². The van der Waals surface area contributed by atoms with Crippen LogP contribution in [0.15, 0.2) is 0 Å². The number of nitrogens with two attached hydrogens (primary N) is 3. The quantitative estimate of drug-likeness (QED) is 0.0365. The predicted molar refractivity (Wildman–Crippen MR) is 264 cm³/mol. The standard InChI is InChI=1S/C47H74N14O15/c1-25(2)20-27(48)41(70)56-28(12-14-34(49)62)42(71)52-22-36(64)58-16-4-9-31(58)45(74)55-26(3)40(69)51-21-38(66)60-18-7-11-33(60)47(76)61-19-6-8-30(61)44(73)53-23-37(65)59-17-5-10-32(59)46(75)57-29(13-15-35(50)63)43(72)54-24-39(67)68/h25-33H,4-24,48H2,1-3H3,(H2,49,62)(H2,50,63)(H,51,69)(H,52,71)(H,53,73)(H,54,72)(H,55,74)(H,56,70)(H,57,75)(H,67,68)/t26-,27-,28-,29-,30-,31-,32-,33-/m0/s1. The Balaban J connectivity index is 1.25. The number of carboxylic acids is 1. The summed E-state index contributed by atoms with van der Waals surface area (Å²) >= 11 is 0. The highest BCUT2D eigenvalue weighted by atomic mass is 16.4. The molecule has 4 fully saturated rings. The largest absolute Gasteiger partial charge is 0.480 e. The fraction of sp³-hybridized carbons (Fsp3) is 0.702. The first-order valence-electron chi connectivity index (χ1n) is 25.6. The Labute approximate surface area is 438 Å². The third-order valence-corrected chi connectivity index (χ3v) is 13.5. The zero-order chi connectivity index (χ0) is 56.4. The lowest BCUT2D eigenvalue weighted by molar-refractivity contribution is -0.147. The normalized spacial score (nSPS) is 20.6. The minimum absolute atomic E-state index is 0.0870. The van der Waals surface area contributed by atoms with E-state index >= 15 is 0 Å². The molecule has 0 aliphatic carbocycles. The molecule has 0 aromatic carbocycles. The van der Waals surface area contributed by atoms with E-state index in [4.69, 9.17) is 22.3 Å². The highest BCUT2D eigenvalue weighted by Gasteiger charge is 2.43. The second kappa shape index (κ2) is 29.0. The molecule has 0 radical (unpaired) electrons. The van der Waals surface area contributed by atoms with Gasteiger partial charge in [-0.25, -0.2) is 0 Å². The number of hydrogen-bond acceptors (Lipinski definition) is 15. The van der Waals surface area contributed by atoms with E-state index in [1.807, 2.05) is 13.8 Å². The van der Waals surface area contributed by atoms with Crippen molar-refractivity contribution in [2.45, 2.75) is 153 Å². The van der Waals surface area contributed by atoms with Gasteiger partial charge in [0, 0.05) is 39.0 Å². The van der Waals surface area contributed by atoms with Gasteiger partial charge in [0.25, 0.3) is 0 Å². The highest BCUT2D eigenvalue weighted by molar-refractivity contribution is 5.98. The van der Waals surface area contributed by atoms with Gasteiger partial charge in [0.1, 0.15) is 48.8 Å². The van der Waals surface area contributed by atoms with E-state index in [2.05, 4.69) is 37.2 Å². The van der Waals surface area contributed by atoms with Crippen LogP contribution in [0, 0.1) is 5.92 Å². The molecule has 8 atom stereocenters. The first kappa shape index (κ1) is 61.1. The maximum atomic E-state index is 14.0. The lowest BCUT2D eigenvalue weighted by Crippen LogP contribution is -2.56. The molecule has 14 N–H and O–H groups in total. The predicted octanol–water partition coefficient (Wildman–Crippen LogP) is -6.12. The van der Waals surface area contributed by atoms with Crippen LogP contribution >= 0.6 is 0 Å². The van der Waals surface area contributed by atoms with Crippen LogP contribution in [-0.4, -0.2) is 208 Å². The lowest BCUT2D eigenvalue weighted by Gasteiger charge is -2.31. The van der Waals surface area contributed by atoms with Crippen LogP contribution in [0.1, 0.15) is 104 Å². The minimum atomic E-state index is -1.34. The molecular formula is C47H74N14O15. The van der Waals surface area contributed by atoms with E-state index in [1.165, 1.54) is 26.5 Å². The Kier molecular flexibility index (Phi) is 23.3. The summed E-state index contributed by atoms with van der Waals surface area (Å²) in [7, 11) is 0. The number of primary amides is 2. The molecule has 0 saturated carbocycles. The van der Waals surface area contributed by atoms with Gasteiger partial charge < -0.3 is 79.1 Å². The summed E-state index contributed by atoms with van der Waals surface area (Å²) in [5.41, 5.74) is 16.4. The van der Waals surface area contributed by atoms with Crippen LogP contribution in [0.4, 0.5) is 0 Å². The van der Waals surface area contributed by atoms with Gasteiger partial charge in [0.2, 0.25) is 76.8 Å². The van der Waals surface area contributed by atoms with Crippen LogP contribution in [0.25, 0.3) is 0 Å². The van der Waals surface area contributed by atoms with Gasteiger partial charge in [-0.3, -0.25) is 67.1 Å². The maximum absolute atomic E-state index is 14.0. The van der Waals surface area contributed by atoms with E-state index in [0.29, 0.717) is 32.1 Å². The number of carboxylic acid groups (broad SMARTS) is 1. The Hall–Kier alpha value is -7.46. The third-order valence-electron chi connectivity index (χ3n) is 13.5. The van der Waals surface area contributed by atoms with Crippen LogP contribution in [-0.2, 0) is 67.1 Å². The summed E-state index contributed by atoms with van der Waals surface area (Å²) < 4.78 is 0. The van der Waals surface area contributed by atoms with Gasteiger partial charge in [-0.2, -0.15) is 0 Å². The Morgan fingerprint density at radius 1 is 0.487 bits per heavy atom. The van der Waals surface area contributed by atoms with Gasteiger partial charge >= 0.3 is 5.97 Å². The van der Waals surface area contributed by atoms with Gasteiger partial charge in [0.15, 0.2) is 0 Å². The summed E-state index contributed by atoms with van der Waals surface area (Å²) in [6, 6.07) is -8.62. The van der Waals surface area contributed by atoms with Crippen molar-refractivity contribution in [3.63, 3.8) is 0 Å². The fourth-order valence-corrected chi connectivity index (χ4v) is 9.61. The van der Waals surface area contributed by atoms with E-state index in [9.17, 15) is 67.1 Å². The van der Waals surface area contributed by atoms with Crippen LogP contribution in [0.5, 0.6) is 0 Å². The maximum Gasteiger partial charge on any atom is 0.322 e. The van der Waals surface area contributed by atoms with Crippen molar-refractivity contribution in [3.8, 4) is 0 Å². The molecule has 29 nitrogen and oxygen atoms in total. The fourth-order valence-electron chi connectivity index (χ4n) is 9.61. The van der Waals surface area contributed by atoms with Gasteiger partial charge in [-0.05, 0) is 83.5 Å². The van der Waals surface area contributed by atoms with Gasteiger partial charge in [-0.1, -0.05) is 13.8 Å². The van der Waals surface area contributed by atoms with Crippen molar-refractivity contribution >= 4 is 82.8 Å². The Bertz CT molecular complexity index is 2230. The Morgan fingerprint density at radius 2 is 0.882 bits per heavy atom. The molecule has 0 unspecified atom stereocenters. The van der Waals surface area contributed by atoms with Crippen molar-refractivity contribution < 1.29 is 72.2 Å². The highest BCUT2D eigenvalue weighted by Crippen LogP contribution is 2.26. The Morgan fingerprint density at radius 3 is 1.36 bits per heavy atom. The van der Waals surface area contributed by atoms with Crippen molar-refractivity contribution in [3.05, 3.63) is 0 Å². The number of amides is 13. The molecule has 0 aromatic rings. The molecule has 0 aromatic heterocycles. The molecule has 13 amide bonds. The summed E-state index contributed by atoms with van der Waals surface area (Å²) in [6.07, 6.45) is 2.18. The number of likely N-dealkylation sites (tertiary alicyclic amines) is 4. The second-order valence-corrected chi connectivity index (χ2v) is 19.8.